The van der Waals surface area contributed by atoms with Crippen molar-refractivity contribution < 1.29 is 13.9 Å². The molecular weight excluding hydrogens is 334 g/mol. The fourth-order valence-electron chi connectivity index (χ4n) is 1.81. The average Bonchev–Trinajstić information content (AvgIpc) is 3.09. The number of hydrogen-bond acceptors (Lipinski definition) is 8. The first-order valence-corrected chi connectivity index (χ1v) is 7.20. The fraction of sp³-hybridized carbons (Fsp3) is 0.0667. The second-order valence-corrected chi connectivity index (χ2v) is 5.09. The summed E-state index contributed by atoms with van der Waals surface area (Å²) in [5.74, 6) is -0.0826. The number of ether oxygens (including phenoxy) is 1. The number of esters is 1. The molecule has 3 N–H and O–H groups in total. The topological polar surface area (TPSA) is 116 Å². The van der Waals surface area contributed by atoms with Crippen molar-refractivity contribution in [1.29, 1.82) is 0 Å². The van der Waals surface area contributed by atoms with Crippen molar-refractivity contribution >= 4 is 35.2 Å². The van der Waals surface area contributed by atoms with Gasteiger partial charge in [0.25, 0.3) is 0 Å². The van der Waals surface area contributed by atoms with Gasteiger partial charge in [0.15, 0.2) is 12.4 Å². The molecule has 0 fully saturated rings. The standard InChI is InChI=1S/C15H12ClN5O3/c16-10-1-3-11(4-2-10)18-15-20-12(19-14(17)21-15)8-24-13(22)9-5-6-23-7-9/h1-7H,8H2,(H3,17,18,19,20,21). The number of aromatic nitrogens is 3. The van der Waals surface area contributed by atoms with Crippen LogP contribution in [-0.4, -0.2) is 20.9 Å². The van der Waals surface area contributed by atoms with Crippen LogP contribution in [0.15, 0.2) is 47.3 Å². The second-order valence-electron chi connectivity index (χ2n) is 4.65. The molecule has 0 radical (unpaired) electrons. The molecule has 0 atom stereocenters. The third kappa shape index (κ3) is 3.99. The summed E-state index contributed by atoms with van der Waals surface area (Å²) in [6, 6.07) is 8.48. The van der Waals surface area contributed by atoms with Crippen LogP contribution in [0, 0.1) is 0 Å². The van der Waals surface area contributed by atoms with Gasteiger partial charge in [0.1, 0.15) is 6.26 Å². The molecule has 2 aromatic heterocycles. The van der Waals surface area contributed by atoms with Gasteiger partial charge in [0, 0.05) is 10.7 Å². The van der Waals surface area contributed by atoms with Crippen LogP contribution in [0.2, 0.25) is 5.02 Å². The molecule has 0 bridgehead atoms. The summed E-state index contributed by atoms with van der Waals surface area (Å²) in [5, 5.41) is 3.58. The van der Waals surface area contributed by atoms with Crippen molar-refractivity contribution in [3.63, 3.8) is 0 Å². The van der Waals surface area contributed by atoms with Gasteiger partial charge in [-0.3, -0.25) is 0 Å². The second kappa shape index (κ2) is 6.97. The van der Waals surface area contributed by atoms with Crippen molar-refractivity contribution in [2.75, 3.05) is 11.1 Å². The van der Waals surface area contributed by atoms with Crippen LogP contribution >= 0.6 is 11.6 Å². The summed E-state index contributed by atoms with van der Waals surface area (Å²) in [7, 11) is 0. The molecule has 8 nitrogen and oxygen atoms in total. The zero-order valence-electron chi connectivity index (χ0n) is 12.3. The first kappa shape index (κ1) is 15.8. The Morgan fingerprint density at radius 1 is 1.21 bits per heavy atom. The molecule has 0 aliphatic carbocycles. The van der Waals surface area contributed by atoms with Crippen molar-refractivity contribution in [3.8, 4) is 0 Å². The van der Waals surface area contributed by atoms with Gasteiger partial charge in [-0.25, -0.2) is 4.79 Å². The normalized spacial score (nSPS) is 10.4. The third-order valence-electron chi connectivity index (χ3n) is 2.89. The van der Waals surface area contributed by atoms with E-state index in [0.717, 1.165) is 5.69 Å². The van der Waals surface area contributed by atoms with Gasteiger partial charge in [-0.1, -0.05) is 11.6 Å². The molecule has 0 spiro atoms. The zero-order valence-corrected chi connectivity index (χ0v) is 13.0. The van der Waals surface area contributed by atoms with Gasteiger partial charge in [0.05, 0.1) is 11.8 Å². The Bertz CT molecular complexity index is 837. The highest BCUT2D eigenvalue weighted by Crippen LogP contribution is 2.17. The SMILES string of the molecule is Nc1nc(COC(=O)c2ccoc2)nc(Nc2ccc(Cl)cc2)n1. The molecule has 0 saturated heterocycles. The van der Waals surface area contributed by atoms with E-state index in [-0.39, 0.29) is 24.3 Å². The highest BCUT2D eigenvalue weighted by molar-refractivity contribution is 6.30. The number of benzene rings is 1. The number of carbonyl (C=O) groups is 1. The lowest BCUT2D eigenvalue weighted by Gasteiger charge is -2.07. The highest BCUT2D eigenvalue weighted by Gasteiger charge is 2.11. The monoisotopic (exact) mass is 345 g/mol. The largest absolute Gasteiger partial charge is 0.472 e. The Labute approximate surface area is 141 Å². The molecule has 0 unspecified atom stereocenters. The van der Waals surface area contributed by atoms with E-state index in [1.54, 1.807) is 24.3 Å². The minimum Gasteiger partial charge on any atom is -0.472 e. The Morgan fingerprint density at radius 3 is 2.71 bits per heavy atom. The Morgan fingerprint density at radius 2 is 2.00 bits per heavy atom. The smallest absolute Gasteiger partial charge is 0.341 e. The average molecular weight is 346 g/mol. The van der Waals surface area contributed by atoms with Crippen molar-refractivity contribution in [3.05, 3.63) is 59.3 Å². The molecule has 24 heavy (non-hydrogen) atoms. The number of rotatable bonds is 5. The van der Waals surface area contributed by atoms with Gasteiger partial charge in [-0.05, 0) is 30.3 Å². The molecule has 9 heteroatoms. The number of nitrogens with two attached hydrogens (primary N) is 1. The predicted octanol–water partition coefficient (Wildman–Crippen LogP) is 2.80. The zero-order chi connectivity index (χ0) is 16.9. The lowest BCUT2D eigenvalue weighted by atomic mass is 10.3. The summed E-state index contributed by atoms with van der Waals surface area (Å²) in [4.78, 5) is 23.8. The van der Waals surface area contributed by atoms with Gasteiger partial charge in [-0.15, -0.1) is 0 Å². The van der Waals surface area contributed by atoms with E-state index in [1.165, 1.54) is 18.6 Å². The van der Waals surface area contributed by atoms with Crippen LogP contribution in [0.5, 0.6) is 0 Å². The summed E-state index contributed by atoms with van der Waals surface area (Å²) in [5.41, 5.74) is 6.69. The summed E-state index contributed by atoms with van der Waals surface area (Å²) >= 11 is 5.83. The summed E-state index contributed by atoms with van der Waals surface area (Å²) < 4.78 is 9.92. The minimum absolute atomic E-state index is 0.0100. The number of furan rings is 1. The van der Waals surface area contributed by atoms with E-state index in [9.17, 15) is 4.79 Å². The van der Waals surface area contributed by atoms with Crippen LogP contribution in [0.25, 0.3) is 0 Å². The summed E-state index contributed by atoms with van der Waals surface area (Å²) in [6.07, 6.45) is 2.67. The molecule has 0 aliphatic heterocycles. The highest BCUT2D eigenvalue weighted by atomic mass is 35.5. The number of nitrogens with zero attached hydrogens (tertiary/aromatic N) is 3. The number of anilines is 3. The van der Waals surface area contributed by atoms with E-state index in [1.807, 2.05) is 0 Å². The van der Waals surface area contributed by atoms with E-state index in [4.69, 9.17) is 26.5 Å². The number of hydrogen-bond donors (Lipinski definition) is 2. The first-order chi connectivity index (χ1) is 11.6. The Hall–Kier alpha value is -3.13. The fourth-order valence-corrected chi connectivity index (χ4v) is 1.94. The maximum Gasteiger partial charge on any atom is 0.341 e. The lowest BCUT2D eigenvalue weighted by Crippen LogP contribution is -2.10. The number of carbonyl (C=O) groups excluding carboxylic acids is 1. The van der Waals surface area contributed by atoms with Gasteiger partial charge >= 0.3 is 5.97 Å². The lowest BCUT2D eigenvalue weighted by molar-refractivity contribution is 0.0461. The maximum absolute atomic E-state index is 11.8. The van der Waals surface area contributed by atoms with E-state index in [2.05, 4.69) is 20.3 Å². The molecule has 3 aromatic rings. The molecule has 0 aliphatic rings. The minimum atomic E-state index is -0.546. The van der Waals surface area contributed by atoms with Crippen LogP contribution < -0.4 is 11.1 Å². The molecule has 0 amide bonds. The van der Waals surface area contributed by atoms with Gasteiger partial charge in [0.2, 0.25) is 11.9 Å². The molecular formula is C15H12ClN5O3. The number of nitrogens with one attached hydrogen (secondary N) is 1. The van der Waals surface area contributed by atoms with Gasteiger partial charge in [-0.2, -0.15) is 15.0 Å². The van der Waals surface area contributed by atoms with Crippen LogP contribution in [0.4, 0.5) is 17.6 Å². The van der Waals surface area contributed by atoms with E-state index in [0.29, 0.717) is 10.6 Å². The van der Waals surface area contributed by atoms with Crippen LogP contribution in [-0.2, 0) is 11.3 Å². The molecule has 1 aromatic carbocycles. The van der Waals surface area contributed by atoms with E-state index < -0.39 is 5.97 Å². The molecule has 2 heterocycles. The quantitative estimate of drug-likeness (QED) is 0.678. The van der Waals surface area contributed by atoms with E-state index >= 15 is 0 Å². The summed E-state index contributed by atoms with van der Waals surface area (Å²) in [6.45, 7) is -0.147. The van der Waals surface area contributed by atoms with Crippen LogP contribution in [0.3, 0.4) is 0 Å². The maximum atomic E-state index is 11.8. The van der Waals surface area contributed by atoms with Gasteiger partial charge < -0.3 is 20.2 Å². The Balaban J connectivity index is 1.69. The Kier molecular flexibility index (Phi) is 4.57. The first-order valence-electron chi connectivity index (χ1n) is 6.82. The number of halogens is 1. The third-order valence-corrected chi connectivity index (χ3v) is 3.14. The van der Waals surface area contributed by atoms with Crippen molar-refractivity contribution in [2.24, 2.45) is 0 Å². The van der Waals surface area contributed by atoms with Crippen LogP contribution in [0.1, 0.15) is 16.2 Å². The molecule has 3 rings (SSSR count). The molecule has 122 valence electrons. The van der Waals surface area contributed by atoms with Crippen molar-refractivity contribution in [1.82, 2.24) is 15.0 Å². The predicted molar refractivity (Wildman–Crippen MR) is 86.8 cm³/mol. The number of nitrogen functional groups attached to an aromatic ring is 1. The molecule has 0 saturated carbocycles. The van der Waals surface area contributed by atoms with Crippen molar-refractivity contribution in [2.45, 2.75) is 6.61 Å².